The fourth-order valence-electron chi connectivity index (χ4n) is 2.36. The molecule has 1 aliphatic heterocycles. The minimum atomic E-state index is -0.412. The summed E-state index contributed by atoms with van der Waals surface area (Å²) < 4.78 is 14.1. The zero-order valence-electron chi connectivity index (χ0n) is 13.1. The first-order valence-corrected chi connectivity index (χ1v) is 11.1. The van der Waals surface area contributed by atoms with Gasteiger partial charge in [0.2, 0.25) is 0 Å². The summed E-state index contributed by atoms with van der Waals surface area (Å²) >= 11 is 2.29. The van der Waals surface area contributed by atoms with Gasteiger partial charge in [-0.05, 0) is 61.9 Å². The van der Waals surface area contributed by atoms with Crippen molar-refractivity contribution in [2.24, 2.45) is 0 Å². The van der Waals surface area contributed by atoms with Crippen LogP contribution < -0.4 is 5.46 Å². The molecular weight excluding hydrogens is 411 g/mol. The highest BCUT2D eigenvalue weighted by atomic mass is 127. The predicted octanol–water partition coefficient (Wildman–Crippen LogP) is 3.17. The molecule has 1 atom stereocenters. The molecule has 0 bridgehead atoms. The van der Waals surface area contributed by atoms with Gasteiger partial charge in [0.1, 0.15) is 0 Å². The van der Waals surface area contributed by atoms with Crippen LogP contribution in [0.4, 0.5) is 0 Å². The fraction of sp³-hybridized carbons (Fsp3) is 0.429. The molecule has 0 N–H and O–H groups in total. The molecule has 1 aliphatic rings. The lowest BCUT2D eigenvalue weighted by Crippen LogP contribution is -2.41. The average Bonchev–Trinajstić information content (AvgIpc) is 2.92. The molecule has 22 heavy (non-hydrogen) atoms. The molecule has 2 aromatic heterocycles. The highest BCUT2D eigenvalue weighted by molar-refractivity contribution is 14.2. The molecule has 0 radical (unpaired) electrons. The normalized spacial score (nSPS) is 20.3. The van der Waals surface area contributed by atoms with Crippen molar-refractivity contribution in [3.05, 3.63) is 24.5 Å². The molecule has 1 saturated heterocycles. The van der Waals surface area contributed by atoms with E-state index in [9.17, 15) is 0 Å². The molecule has 0 spiro atoms. The van der Waals surface area contributed by atoms with E-state index >= 15 is 0 Å². The van der Waals surface area contributed by atoms with Crippen LogP contribution in [-0.4, -0.2) is 32.9 Å². The second-order valence-corrected chi connectivity index (χ2v) is 8.35. The Morgan fingerprint density at radius 1 is 1.32 bits per heavy atom. The number of aromatic nitrogens is 3. The lowest BCUT2D eigenvalue weighted by atomic mass is 9.80. The van der Waals surface area contributed by atoms with Crippen LogP contribution in [0.3, 0.4) is 0 Å². The summed E-state index contributed by atoms with van der Waals surface area (Å²) in [4.78, 5) is 4.56. The highest BCUT2D eigenvalue weighted by Gasteiger charge is 2.51. The van der Waals surface area contributed by atoms with Gasteiger partial charge in [0.15, 0.2) is 5.65 Å². The van der Waals surface area contributed by atoms with E-state index in [1.54, 1.807) is 6.08 Å². The van der Waals surface area contributed by atoms with Crippen LogP contribution >= 0.6 is 28.4 Å². The standard InChI is InChI=1S/C14H18BIN3O2P/c1-6-11-10-7-9(8-17-12(10)19(18-11)22-16)15-20-13(2,3)14(4,5)21-15/h6-8,22H,1H2,2-5H3. The lowest BCUT2D eigenvalue weighted by molar-refractivity contribution is 0.00578. The summed E-state index contributed by atoms with van der Waals surface area (Å²) in [5, 5.41) is 5.49. The van der Waals surface area contributed by atoms with Crippen LogP contribution in [0.1, 0.15) is 33.4 Å². The second kappa shape index (κ2) is 5.55. The summed E-state index contributed by atoms with van der Waals surface area (Å²) in [6, 6.07) is 2.04. The van der Waals surface area contributed by atoms with Crippen molar-refractivity contribution in [1.29, 1.82) is 0 Å². The Labute approximate surface area is 145 Å². The quantitative estimate of drug-likeness (QED) is 0.428. The van der Waals surface area contributed by atoms with Crippen molar-refractivity contribution >= 4 is 58.1 Å². The summed E-state index contributed by atoms with van der Waals surface area (Å²) in [7, 11) is -0.412. The first kappa shape index (κ1) is 16.4. The number of hydrogen-bond acceptors (Lipinski definition) is 4. The maximum atomic E-state index is 6.09. The summed E-state index contributed by atoms with van der Waals surface area (Å²) in [5.41, 5.74) is 1.89. The lowest BCUT2D eigenvalue weighted by Gasteiger charge is -2.32. The Hall–Kier alpha value is -0.495. The van der Waals surface area contributed by atoms with Gasteiger partial charge in [-0.2, -0.15) is 5.10 Å². The van der Waals surface area contributed by atoms with Crippen molar-refractivity contribution in [1.82, 2.24) is 14.5 Å². The average molecular weight is 429 g/mol. The second-order valence-electron chi connectivity index (χ2n) is 6.31. The van der Waals surface area contributed by atoms with Gasteiger partial charge >= 0.3 is 7.12 Å². The molecule has 0 saturated carbocycles. The Morgan fingerprint density at radius 3 is 2.50 bits per heavy atom. The summed E-state index contributed by atoms with van der Waals surface area (Å²) in [5.74, 6) is 0. The number of fused-ring (bicyclic) bond motifs is 1. The zero-order chi connectivity index (χ0) is 16.1. The molecule has 3 rings (SSSR count). The number of nitrogens with zero attached hydrogens (tertiary/aromatic N) is 3. The number of pyridine rings is 1. The van der Waals surface area contributed by atoms with E-state index in [0.29, 0.717) is 6.37 Å². The van der Waals surface area contributed by atoms with E-state index in [1.165, 1.54) is 0 Å². The minimum absolute atomic E-state index is 0.359. The van der Waals surface area contributed by atoms with Crippen molar-refractivity contribution in [2.45, 2.75) is 38.9 Å². The Bertz CT molecular complexity index is 731. The van der Waals surface area contributed by atoms with E-state index in [1.807, 2.05) is 44.4 Å². The third-order valence-electron chi connectivity index (χ3n) is 4.37. The van der Waals surface area contributed by atoms with Gasteiger partial charge in [0.05, 0.1) is 23.3 Å². The van der Waals surface area contributed by atoms with Crippen LogP contribution in [0.15, 0.2) is 18.8 Å². The third kappa shape index (κ3) is 2.52. The van der Waals surface area contributed by atoms with Crippen LogP contribution in [0.25, 0.3) is 17.1 Å². The van der Waals surface area contributed by atoms with E-state index < -0.39 is 7.12 Å². The molecule has 0 amide bonds. The fourth-order valence-corrected chi connectivity index (χ4v) is 3.77. The minimum Gasteiger partial charge on any atom is -0.399 e. The summed E-state index contributed by atoms with van der Waals surface area (Å²) in [6.07, 6.45) is 4.06. The van der Waals surface area contributed by atoms with E-state index in [0.717, 1.165) is 22.2 Å². The smallest absolute Gasteiger partial charge is 0.399 e. The molecule has 0 aromatic carbocycles. The topological polar surface area (TPSA) is 49.2 Å². The van der Waals surface area contributed by atoms with Gasteiger partial charge in [-0.15, -0.1) is 0 Å². The Kier molecular flexibility index (Phi) is 4.13. The molecule has 8 heteroatoms. The molecule has 2 aromatic rings. The van der Waals surface area contributed by atoms with Crippen molar-refractivity contribution < 1.29 is 9.31 Å². The Morgan fingerprint density at radius 2 is 1.95 bits per heavy atom. The van der Waals surface area contributed by atoms with Crippen molar-refractivity contribution in [3.8, 4) is 0 Å². The molecule has 1 unspecified atom stereocenters. The Balaban J connectivity index is 2.05. The zero-order valence-corrected chi connectivity index (χ0v) is 16.2. The summed E-state index contributed by atoms with van der Waals surface area (Å²) in [6.45, 7) is 12.0. The first-order chi connectivity index (χ1) is 10.3. The van der Waals surface area contributed by atoms with Crippen LogP contribution in [-0.2, 0) is 9.31 Å². The monoisotopic (exact) mass is 429 g/mol. The van der Waals surface area contributed by atoms with Gasteiger partial charge in [-0.1, -0.05) is 6.58 Å². The predicted molar refractivity (Wildman–Crippen MR) is 101 cm³/mol. The molecule has 5 nitrogen and oxygen atoms in total. The van der Waals surface area contributed by atoms with E-state index in [-0.39, 0.29) is 11.2 Å². The molecule has 3 heterocycles. The van der Waals surface area contributed by atoms with Gasteiger partial charge in [-0.25, -0.2) is 9.44 Å². The molecule has 0 aliphatic carbocycles. The van der Waals surface area contributed by atoms with Gasteiger partial charge < -0.3 is 9.31 Å². The van der Waals surface area contributed by atoms with Crippen LogP contribution in [0.2, 0.25) is 0 Å². The van der Waals surface area contributed by atoms with Crippen molar-refractivity contribution in [2.75, 3.05) is 0 Å². The molecule has 116 valence electrons. The molecule has 1 fully saturated rings. The largest absolute Gasteiger partial charge is 0.496 e. The molecular formula is C14H18BIN3O2P. The van der Waals surface area contributed by atoms with Gasteiger partial charge in [0, 0.05) is 17.0 Å². The van der Waals surface area contributed by atoms with Gasteiger partial charge in [0.25, 0.3) is 0 Å². The first-order valence-electron chi connectivity index (χ1n) is 7.02. The van der Waals surface area contributed by atoms with Crippen molar-refractivity contribution in [3.63, 3.8) is 0 Å². The van der Waals surface area contributed by atoms with Crippen LogP contribution in [0.5, 0.6) is 0 Å². The number of halogens is 1. The van der Waals surface area contributed by atoms with E-state index in [4.69, 9.17) is 9.31 Å². The number of rotatable bonds is 3. The maximum absolute atomic E-state index is 6.09. The number of hydrogen-bond donors (Lipinski definition) is 0. The van der Waals surface area contributed by atoms with Gasteiger partial charge in [-0.3, -0.25) is 0 Å². The van der Waals surface area contributed by atoms with Crippen LogP contribution in [0, 0.1) is 0 Å². The SMILES string of the molecule is C=Cc1nn(PI)c2ncc(B3OC(C)(C)C(C)(C)O3)cc12. The van der Waals surface area contributed by atoms with E-state index in [2.05, 4.69) is 38.7 Å². The third-order valence-corrected chi connectivity index (χ3v) is 6.21. The maximum Gasteiger partial charge on any atom is 0.496 e. The highest BCUT2D eigenvalue weighted by Crippen LogP contribution is 2.37.